The minimum atomic E-state index is 0.0602. The number of aromatic nitrogens is 4. The summed E-state index contributed by atoms with van der Waals surface area (Å²) >= 11 is 0. The molecule has 3 aromatic heterocycles. The van der Waals surface area contributed by atoms with E-state index in [9.17, 15) is 4.79 Å². The van der Waals surface area contributed by atoms with Gasteiger partial charge in [-0.3, -0.25) is 19.2 Å². The number of hydrogen-bond donors (Lipinski definition) is 0. The van der Waals surface area contributed by atoms with Crippen LogP contribution in [0.4, 0.5) is 0 Å². The van der Waals surface area contributed by atoms with Gasteiger partial charge in [-0.05, 0) is 61.4 Å². The van der Waals surface area contributed by atoms with Crippen LogP contribution in [-0.2, 0) is 11.2 Å². The fourth-order valence-electron chi connectivity index (χ4n) is 4.87. The van der Waals surface area contributed by atoms with E-state index >= 15 is 0 Å². The lowest BCUT2D eigenvalue weighted by Crippen LogP contribution is -2.43. The highest BCUT2D eigenvalue weighted by atomic mass is 16.5. The van der Waals surface area contributed by atoms with Crippen LogP contribution in [0.5, 0.6) is 0 Å². The van der Waals surface area contributed by atoms with Gasteiger partial charge in [0.05, 0.1) is 18.9 Å². The molecule has 1 unspecified atom stereocenters. The summed E-state index contributed by atoms with van der Waals surface area (Å²) in [5.74, 6) is 0.619. The Morgan fingerprint density at radius 2 is 1.91 bits per heavy atom. The Morgan fingerprint density at radius 1 is 1.12 bits per heavy atom. The minimum absolute atomic E-state index is 0.0602. The molecule has 1 aliphatic heterocycles. The topological polar surface area (TPSA) is 73.1 Å². The molecule has 1 aliphatic carbocycles. The maximum Gasteiger partial charge on any atom is 0.233 e. The van der Waals surface area contributed by atoms with Crippen molar-refractivity contribution in [1.29, 1.82) is 0 Å². The lowest BCUT2D eigenvalue weighted by Gasteiger charge is -2.36. The van der Waals surface area contributed by atoms with E-state index in [0.29, 0.717) is 24.0 Å². The summed E-state index contributed by atoms with van der Waals surface area (Å²) in [6, 6.07) is 4.54. The van der Waals surface area contributed by atoms with Gasteiger partial charge in [-0.25, -0.2) is 9.97 Å². The third kappa shape index (κ3) is 5.00. The SMILES string of the molecule is Cc1cnc(-n2ccc(C(=O)Cc3cnc(C4=CCC(N5CCOCC5)CC4)c(C)c3)c2)nc1. The molecule has 0 radical (unpaired) electrons. The Bertz CT molecular complexity index is 1190. The van der Waals surface area contributed by atoms with Crippen LogP contribution >= 0.6 is 0 Å². The molecule has 1 fully saturated rings. The maximum atomic E-state index is 12.9. The number of Topliss-reactive ketones (excluding diaryl/α,β-unsaturated/α-hetero) is 1. The van der Waals surface area contributed by atoms with E-state index in [1.807, 2.05) is 25.4 Å². The van der Waals surface area contributed by atoms with Crippen molar-refractivity contribution in [1.82, 2.24) is 24.4 Å². The zero-order chi connectivity index (χ0) is 23.5. The number of morpholine rings is 1. The first-order valence-electron chi connectivity index (χ1n) is 12.0. The number of ketones is 1. The smallest absolute Gasteiger partial charge is 0.233 e. The van der Waals surface area contributed by atoms with Crippen LogP contribution in [-0.4, -0.2) is 62.5 Å². The number of carbonyl (C=O) groups excluding carboxylic acids is 1. The normalized spacial score (nSPS) is 19.1. The molecule has 0 amide bonds. The van der Waals surface area contributed by atoms with E-state index in [4.69, 9.17) is 9.72 Å². The number of carbonyl (C=O) groups is 1. The lowest BCUT2D eigenvalue weighted by atomic mass is 9.90. The Kier molecular flexibility index (Phi) is 6.65. The standard InChI is InChI=1S/C27H31N5O2/c1-19-15-29-27(30-16-19)32-8-7-23(18-32)25(33)14-21-13-20(2)26(28-17-21)22-3-5-24(6-4-22)31-9-11-34-12-10-31/h3,7-8,13,15-18,24H,4-6,9-12,14H2,1-2H3. The van der Waals surface area contributed by atoms with E-state index in [2.05, 4.69) is 33.9 Å². The Labute approximate surface area is 200 Å². The summed E-state index contributed by atoms with van der Waals surface area (Å²) in [5.41, 5.74) is 6.11. The molecule has 0 spiro atoms. The molecule has 176 valence electrons. The maximum absolute atomic E-state index is 12.9. The van der Waals surface area contributed by atoms with Crippen molar-refractivity contribution in [3.63, 3.8) is 0 Å². The highest BCUT2D eigenvalue weighted by molar-refractivity contribution is 5.97. The Hall–Kier alpha value is -3.16. The molecule has 1 saturated heterocycles. The van der Waals surface area contributed by atoms with E-state index in [0.717, 1.165) is 68.0 Å². The van der Waals surface area contributed by atoms with E-state index in [-0.39, 0.29) is 5.78 Å². The summed E-state index contributed by atoms with van der Waals surface area (Å²) in [6.45, 7) is 7.81. The van der Waals surface area contributed by atoms with E-state index < -0.39 is 0 Å². The zero-order valence-corrected chi connectivity index (χ0v) is 19.9. The molecule has 2 aliphatic rings. The summed E-state index contributed by atoms with van der Waals surface area (Å²) in [6.07, 6.45) is 15.0. The zero-order valence-electron chi connectivity index (χ0n) is 19.9. The third-order valence-electron chi connectivity index (χ3n) is 6.76. The average molecular weight is 458 g/mol. The fraction of sp³-hybridized carbons (Fsp3) is 0.407. The van der Waals surface area contributed by atoms with Crippen LogP contribution in [0.1, 0.15) is 52.0 Å². The van der Waals surface area contributed by atoms with Crippen molar-refractivity contribution >= 4 is 11.4 Å². The second-order valence-corrected chi connectivity index (χ2v) is 9.28. The summed E-state index contributed by atoms with van der Waals surface area (Å²) < 4.78 is 7.27. The monoisotopic (exact) mass is 457 g/mol. The summed E-state index contributed by atoms with van der Waals surface area (Å²) in [4.78, 5) is 28.9. The van der Waals surface area contributed by atoms with E-state index in [1.54, 1.807) is 23.2 Å². The number of hydrogen-bond acceptors (Lipinski definition) is 6. The van der Waals surface area contributed by atoms with Crippen molar-refractivity contribution in [2.45, 2.75) is 45.6 Å². The molecule has 0 aromatic carbocycles. The number of allylic oxidation sites excluding steroid dienone is 1. The first-order chi connectivity index (χ1) is 16.6. The molecule has 0 bridgehead atoms. The highest BCUT2D eigenvalue weighted by Gasteiger charge is 2.24. The fourth-order valence-corrected chi connectivity index (χ4v) is 4.87. The average Bonchev–Trinajstić information content (AvgIpc) is 3.36. The van der Waals surface area contributed by atoms with Gasteiger partial charge >= 0.3 is 0 Å². The highest BCUT2D eigenvalue weighted by Crippen LogP contribution is 2.30. The minimum Gasteiger partial charge on any atom is -0.379 e. The van der Waals surface area contributed by atoms with Gasteiger partial charge in [-0.2, -0.15) is 0 Å². The van der Waals surface area contributed by atoms with Crippen LogP contribution in [0.15, 0.2) is 49.2 Å². The lowest BCUT2D eigenvalue weighted by molar-refractivity contribution is 0.0150. The summed E-state index contributed by atoms with van der Waals surface area (Å²) in [7, 11) is 0. The summed E-state index contributed by atoms with van der Waals surface area (Å²) in [5, 5.41) is 0. The van der Waals surface area contributed by atoms with Crippen molar-refractivity contribution in [2.75, 3.05) is 26.3 Å². The molecule has 3 aromatic rings. The van der Waals surface area contributed by atoms with Gasteiger partial charge in [0.15, 0.2) is 5.78 Å². The number of rotatable bonds is 6. The first kappa shape index (κ1) is 22.6. The Balaban J connectivity index is 1.23. The predicted octanol–water partition coefficient (Wildman–Crippen LogP) is 3.97. The molecule has 34 heavy (non-hydrogen) atoms. The molecule has 7 nitrogen and oxygen atoms in total. The first-order valence-corrected chi connectivity index (χ1v) is 12.0. The van der Waals surface area contributed by atoms with Gasteiger partial charge in [-0.15, -0.1) is 0 Å². The van der Waals surface area contributed by atoms with Gasteiger partial charge in [-0.1, -0.05) is 12.1 Å². The van der Waals surface area contributed by atoms with Crippen molar-refractivity contribution in [3.05, 3.63) is 77.1 Å². The third-order valence-corrected chi connectivity index (χ3v) is 6.76. The number of pyridine rings is 1. The molecule has 7 heteroatoms. The van der Waals surface area contributed by atoms with Crippen molar-refractivity contribution in [2.24, 2.45) is 0 Å². The second-order valence-electron chi connectivity index (χ2n) is 9.28. The van der Waals surface area contributed by atoms with Crippen molar-refractivity contribution in [3.8, 4) is 5.95 Å². The molecule has 4 heterocycles. The molecule has 1 atom stereocenters. The van der Waals surface area contributed by atoms with Gasteiger partial charge < -0.3 is 4.74 Å². The second kappa shape index (κ2) is 9.99. The molecular formula is C27H31N5O2. The molecule has 5 rings (SSSR count). The van der Waals surface area contributed by atoms with Gasteiger partial charge in [0.1, 0.15) is 0 Å². The molecule has 0 saturated carbocycles. The van der Waals surface area contributed by atoms with Crippen LogP contribution in [0.25, 0.3) is 11.5 Å². The number of aryl methyl sites for hydroxylation is 2. The van der Waals surface area contributed by atoms with Crippen LogP contribution in [0, 0.1) is 13.8 Å². The number of nitrogens with zero attached hydrogens (tertiary/aromatic N) is 5. The van der Waals surface area contributed by atoms with Gasteiger partial charge in [0.25, 0.3) is 0 Å². The predicted molar refractivity (Wildman–Crippen MR) is 131 cm³/mol. The van der Waals surface area contributed by atoms with Gasteiger partial charge in [0.2, 0.25) is 5.95 Å². The largest absolute Gasteiger partial charge is 0.379 e. The quantitative estimate of drug-likeness (QED) is 0.522. The van der Waals surface area contributed by atoms with Crippen LogP contribution in [0.3, 0.4) is 0 Å². The van der Waals surface area contributed by atoms with Crippen LogP contribution < -0.4 is 0 Å². The van der Waals surface area contributed by atoms with Gasteiger partial charge in [0, 0.05) is 62.1 Å². The van der Waals surface area contributed by atoms with E-state index in [1.165, 1.54) is 5.57 Å². The molecular weight excluding hydrogens is 426 g/mol. The Morgan fingerprint density at radius 3 is 2.62 bits per heavy atom. The van der Waals surface area contributed by atoms with Crippen molar-refractivity contribution < 1.29 is 9.53 Å². The molecule has 0 N–H and O–H groups in total. The van der Waals surface area contributed by atoms with Crippen LogP contribution in [0.2, 0.25) is 0 Å². The number of ether oxygens (including phenoxy) is 1.